The van der Waals surface area contributed by atoms with Gasteiger partial charge in [0.25, 0.3) is 5.91 Å². The molecule has 27 heavy (non-hydrogen) atoms. The average molecular weight is 386 g/mol. The molecule has 1 amide bonds. The van der Waals surface area contributed by atoms with E-state index in [1.165, 1.54) is 36.6 Å². The molecule has 10 heteroatoms. The number of anilines is 1. The first-order valence-electron chi connectivity index (χ1n) is 7.71. The van der Waals surface area contributed by atoms with Crippen molar-refractivity contribution >= 4 is 28.1 Å². The van der Waals surface area contributed by atoms with Crippen LogP contribution in [0.15, 0.2) is 48.5 Å². The van der Waals surface area contributed by atoms with E-state index in [4.69, 9.17) is 9.47 Å². The highest BCUT2D eigenvalue weighted by Crippen LogP contribution is 2.31. The van der Waals surface area contributed by atoms with Gasteiger partial charge in [0.05, 0.1) is 12.0 Å². The summed E-state index contributed by atoms with van der Waals surface area (Å²) in [7, 11) is 1.32. The Balaban J connectivity index is 1.59. The standard InChI is InChI=1S/C17H14N4O5S/c1-25-14-9-12(7-8-13(14)21(23)24)26-10-15(22)18-17-20-19-16(27-17)11-5-3-2-4-6-11/h2-9H,10H2,1H3,(H,18,20,22). The predicted molar refractivity (Wildman–Crippen MR) is 99.1 cm³/mol. The molecule has 0 aliphatic rings. The second-order valence-electron chi connectivity index (χ2n) is 5.21. The SMILES string of the molecule is COc1cc(OCC(=O)Nc2nnc(-c3ccccc3)s2)ccc1[N+](=O)[O-]. The lowest BCUT2D eigenvalue weighted by atomic mass is 10.2. The average Bonchev–Trinajstić information content (AvgIpc) is 3.15. The Morgan fingerprint density at radius 1 is 1.22 bits per heavy atom. The van der Waals surface area contributed by atoms with Gasteiger partial charge in [-0.05, 0) is 6.07 Å². The molecule has 1 aromatic heterocycles. The monoisotopic (exact) mass is 386 g/mol. The highest BCUT2D eigenvalue weighted by atomic mass is 32.1. The van der Waals surface area contributed by atoms with Gasteiger partial charge < -0.3 is 9.47 Å². The predicted octanol–water partition coefficient (Wildman–Crippen LogP) is 3.14. The summed E-state index contributed by atoms with van der Waals surface area (Å²) in [5.41, 5.74) is 0.723. The van der Waals surface area contributed by atoms with Gasteiger partial charge >= 0.3 is 5.69 Å². The molecule has 0 spiro atoms. The summed E-state index contributed by atoms with van der Waals surface area (Å²) in [6.45, 7) is -0.290. The van der Waals surface area contributed by atoms with Crippen LogP contribution in [0, 0.1) is 10.1 Å². The molecule has 0 bridgehead atoms. The van der Waals surface area contributed by atoms with Crippen LogP contribution in [0.3, 0.4) is 0 Å². The molecule has 0 aliphatic carbocycles. The van der Waals surface area contributed by atoms with Crippen LogP contribution in [0.1, 0.15) is 0 Å². The first-order valence-corrected chi connectivity index (χ1v) is 8.52. The van der Waals surface area contributed by atoms with Gasteiger partial charge in [-0.15, -0.1) is 10.2 Å². The van der Waals surface area contributed by atoms with Crippen molar-refractivity contribution < 1.29 is 19.2 Å². The molecular formula is C17H14N4O5S. The van der Waals surface area contributed by atoms with Crippen LogP contribution in [0.5, 0.6) is 11.5 Å². The Morgan fingerprint density at radius 3 is 2.70 bits per heavy atom. The fraction of sp³-hybridized carbons (Fsp3) is 0.118. The second kappa shape index (κ2) is 8.23. The number of carbonyl (C=O) groups is 1. The van der Waals surface area contributed by atoms with Crippen LogP contribution >= 0.6 is 11.3 Å². The zero-order chi connectivity index (χ0) is 19.2. The van der Waals surface area contributed by atoms with Crippen molar-refractivity contribution in [2.45, 2.75) is 0 Å². The van der Waals surface area contributed by atoms with Gasteiger partial charge in [-0.3, -0.25) is 20.2 Å². The Morgan fingerprint density at radius 2 is 2.00 bits per heavy atom. The van der Waals surface area contributed by atoms with Crippen LogP contribution in [0.4, 0.5) is 10.8 Å². The first-order chi connectivity index (χ1) is 13.1. The number of nitro benzene ring substituents is 1. The lowest BCUT2D eigenvalue weighted by Gasteiger charge is -2.07. The number of rotatable bonds is 7. The van der Waals surface area contributed by atoms with Crippen molar-refractivity contribution in [3.8, 4) is 22.1 Å². The van der Waals surface area contributed by atoms with Gasteiger partial charge in [-0.2, -0.15) is 0 Å². The summed E-state index contributed by atoms with van der Waals surface area (Å²) >= 11 is 1.24. The number of methoxy groups -OCH3 is 1. The van der Waals surface area contributed by atoms with E-state index in [1.54, 1.807) is 0 Å². The molecule has 0 fully saturated rings. The highest BCUT2D eigenvalue weighted by molar-refractivity contribution is 7.18. The Labute approximate surface area is 157 Å². The van der Waals surface area contributed by atoms with E-state index in [2.05, 4.69) is 15.5 Å². The van der Waals surface area contributed by atoms with Gasteiger partial charge in [0.1, 0.15) is 10.8 Å². The van der Waals surface area contributed by atoms with E-state index < -0.39 is 10.8 Å². The normalized spacial score (nSPS) is 10.3. The van der Waals surface area contributed by atoms with E-state index in [9.17, 15) is 14.9 Å². The number of ether oxygens (including phenoxy) is 2. The van der Waals surface area contributed by atoms with Crippen molar-refractivity contribution in [3.63, 3.8) is 0 Å². The van der Waals surface area contributed by atoms with Crippen LogP contribution in [0.25, 0.3) is 10.6 Å². The lowest BCUT2D eigenvalue weighted by molar-refractivity contribution is -0.385. The molecule has 0 unspecified atom stereocenters. The second-order valence-corrected chi connectivity index (χ2v) is 6.18. The van der Waals surface area contributed by atoms with E-state index in [1.807, 2.05) is 30.3 Å². The third-order valence-corrected chi connectivity index (χ3v) is 4.30. The number of benzene rings is 2. The molecule has 0 saturated carbocycles. The summed E-state index contributed by atoms with van der Waals surface area (Å²) in [5, 5.41) is 22.5. The van der Waals surface area contributed by atoms with Gasteiger partial charge in [0.2, 0.25) is 10.9 Å². The number of nitrogens with zero attached hydrogens (tertiary/aromatic N) is 3. The maximum absolute atomic E-state index is 12.0. The topological polar surface area (TPSA) is 116 Å². The smallest absolute Gasteiger partial charge is 0.311 e. The third-order valence-electron chi connectivity index (χ3n) is 3.41. The molecule has 2 aromatic carbocycles. The van der Waals surface area contributed by atoms with Crippen molar-refractivity contribution in [3.05, 3.63) is 58.6 Å². The number of carbonyl (C=O) groups excluding carboxylic acids is 1. The minimum atomic E-state index is -0.560. The van der Waals surface area contributed by atoms with Gasteiger partial charge in [-0.1, -0.05) is 41.7 Å². The van der Waals surface area contributed by atoms with Crippen LogP contribution < -0.4 is 14.8 Å². The molecule has 1 N–H and O–H groups in total. The van der Waals surface area contributed by atoms with E-state index in [0.29, 0.717) is 10.1 Å². The minimum Gasteiger partial charge on any atom is -0.490 e. The molecule has 138 valence electrons. The van der Waals surface area contributed by atoms with Gasteiger partial charge in [-0.25, -0.2) is 0 Å². The van der Waals surface area contributed by atoms with E-state index in [-0.39, 0.29) is 23.8 Å². The molecule has 0 atom stereocenters. The molecule has 1 heterocycles. The zero-order valence-corrected chi connectivity index (χ0v) is 14.9. The van der Waals surface area contributed by atoms with Gasteiger partial charge in [0, 0.05) is 17.7 Å². The molecule has 9 nitrogen and oxygen atoms in total. The quantitative estimate of drug-likeness (QED) is 0.490. The molecule has 0 radical (unpaired) electrons. The van der Waals surface area contributed by atoms with Crippen LogP contribution in [-0.4, -0.2) is 34.7 Å². The third kappa shape index (κ3) is 4.55. The summed E-state index contributed by atoms with van der Waals surface area (Å²) in [6, 6.07) is 13.5. The van der Waals surface area contributed by atoms with Gasteiger partial charge in [0.15, 0.2) is 6.61 Å². The van der Waals surface area contributed by atoms with Crippen molar-refractivity contribution in [1.29, 1.82) is 0 Å². The summed E-state index contributed by atoms with van der Waals surface area (Å²) in [4.78, 5) is 22.3. The number of aromatic nitrogens is 2. The van der Waals surface area contributed by atoms with Crippen molar-refractivity contribution in [2.75, 3.05) is 19.0 Å². The largest absolute Gasteiger partial charge is 0.490 e. The van der Waals surface area contributed by atoms with E-state index in [0.717, 1.165) is 5.56 Å². The zero-order valence-electron chi connectivity index (χ0n) is 14.1. The maximum Gasteiger partial charge on any atom is 0.311 e. The fourth-order valence-corrected chi connectivity index (χ4v) is 2.94. The maximum atomic E-state index is 12.0. The summed E-state index contributed by atoms with van der Waals surface area (Å²) in [5.74, 6) is -0.104. The Hall–Kier alpha value is -3.53. The van der Waals surface area contributed by atoms with Crippen molar-refractivity contribution in [2.24, 2.45) is 0 Å². The molecule has 3 rings (SSSR count). The van der Waals surface area contributed by atoms with Crippen LogP contribution in [-0.2, 0) is 4.79 Å². The number of nitrogens with one attached hydrogen (secondary N) is 1. The number of nitro groups is 1. The molecule has 0 saturated heterocycles. The summed E-state index contributed by atoms with van der Waals surface area (Å²) in [6.07, 6.45) is 0. The fourth-order valence-electron chi connectivity index (χ4n) is 2.17. The number of hydrogen-bond acceptors (Lipinski definition) is 8. The highest BCUT2D eigenvalue weighted by Gasteiger charge is 2.16. The Bertz CT molecular complexity index is 961. The molecular weight excluding hydrogens is 372 g/mol. The molecule has 0 aliphatic heterocycles. The number of hydrogen-bond donors (Lipinski definition) is 1. The molecule has 3 aromatic rings. The summed E-state index contributed by atoms with van der Waals surface area (Å²) < 4.78 is 10.3. The first kappa shape index (κ1) is 18.3. The van der Waals surface area contributed by atoms with Crippen LogP contribution in [0.2, 0.25) is 0 Å². The van der Waals surface area contributed by atoms with E-state index >= 15 is 0 Å². The number of amides is 1. The lowest BCUT2D eigenvalue weighted by Crippen LogP contribution is -2.20. The minimum absolute atomic E-state index is 0.0505. The van der Waals surface area contributed by atoms with Crippen molar-refractivity contribution in [1.82, 2.24) is 10.2 Å². The Kier molecular flexibility index (Phi) is 5.57.